The predicted molar refractivity (Wildman–Crippen MR) is 96.7 cm³/mol. The number of halogens is 1. The smallest absolute Gasteiger partial charge is 0.290 e. The minimum absolute atomic E-state index is 0.0964. The number of carbonyl (C=O) groups is 1. The minimum atomic E-state index is -0.550. The van der Waals surface area contributed by atoms with E-state index in [0.717, 1.165) is 12.8 Å². The molecular weight excluding hydrogens is 333 g/mol. The van der Waals surface area contributed by atoms with E-state index in [2.05, 4.69) is 0 Å². The zero-order valence-electron chi connectivity index (χ0n) is 14.4. The fraction of sp³-hybridized carbons (Fsp3) is 0.238. The maximum Gasteiger partial charge on any atom is 0.290 e. The molecule has 1 atom stereocenters. The topological polar surface area (TPSA) is 50.5 Å². The minimum Gasteiger partial charge on any atom is -0.450 e. The third-order valence-electron chi connectivity index (χ3n) is 4.81. The maximum absolute atomic E-state index is 13.4. The Morgan fingerprint density at radius 3 is 2.54 bits per heavy atom. The highest BCUT2D eigenvalue weighted by molar-refractivity contribution is 5.99. The lowest BCUT2D eigenvalue weighted by Gasteiger charge is -2.25. The second kappa shape index (κ2) is 6.41. The van der Waals surface area contributed by atoms with Gasteiger partial charge in [0.05, 0.1) is 17.0 Å². The van der Waals surface area contributed by atoms with Crippen LogP contribution in [-0.4, -0.2) is 17.4 Å². The third kappa shape index (κ3) is 2.51. The van der Waals surface area contributed by atoms with E-state index in [1.54, 1.807) is 41.3 Å². The Labute approximate surface area is 149 Å². The standard InChI is InChI=1S/C21H18FNO3/c1-2-3-12-23-18(13-8-10-14(22)11-9-13)17-19(24)15-6-4-5-7-16(15)26-20(17)21(23)25/h4-11,18H,2-3,12H2,1H3/t18-/m0/s1. The van der Waals surface area contributed by atoms with E-state index in [-0.39, 0.29) is 22.9 Å². The molecule has 0 unspecified atom stereocenters. The van der Waals surface area contributed by atoms with E-state index in [4.69, 9.17) is 4.42 Å². The van der Waals surface area contributed by atoms with Crippen molar-refractivity contribution in [3.05, 3.63) is 81.5 Å². The highest BCUT2D eigenvalue weighted by Crippen LogP contribution is 2.38. The van der Waals surface area contributed by atoms with Crippen molar-refractivity contribution >= 4 is 16.9 Å². The summed E-state index contributed by atoms with van der Waals surface area (Å²) in [6.07, 6.45) is 1.73. The van der Waals surface area contributed by atoms with Crippen molar-refractivity contribution in [2.24, 2.45) is 0 Å². The third-order valence-corrected chi connectivity index (χ3v) is 4.81. The van der Waals surface area contributed by atoms with Gasteiger partial charge < -0.3 is 9.32 Å². The van der Waals surface area contributed by atoms with Gasteiger partial charge in [-0.2, -0.15) is 0 Å². The van der Waals surface area contributed by atoms with Gasteiger partial charge >= 0.3 is 0 Å². The van der Waals surface area contributed by atoms with Gasteiger partial charge in [-0.05, 0) is 36.2 Å². The van der Waals surface area contributed by atoms with Crippen molar-refractivity contribution in [1.29, 1.82) is 0 Å². The molecule has 0 radical (unpaired) electrons. The van der Waals surface area contributed by atoms with Gasteiger partial charge in [-0.25, -0.2) is 4.39 Å². The van der Waals surface area contributed by atoms with E-state index < -0.39 is 6.04 Å². The predicted octanol–water partition coefficient (Wildman–Crippen LogP) is 4.28. The number of unbranched alkanes of at least 4 members (excludes halogenated alkanes) is 1. The molecule has 2 heterocycles. The van der Waals surface area contributed by atoms with E-state index in [1.807, 2.05) is 6.92 Å². The van der Waals surface area contributed by atoms with Crippen molar-refractivity contribution in [1.82, 2.24) is 4.90 Å². The molecule has 1 amide bonds. The van der Waals surface area contributed by atoms with Crippen LogP contribution in [0.4, 0.5) is 4.39 Å². The number of nitrogens with zero attached hydrogens (tertiary/aromatic N) is 1. The van der Waals surface area contributed by atoms with E-state index in [1.165, 1.54) is 12.1 Å². The lowest BCUT2D eigenvalue weighted by atomic mass is 9.98. The number of rotatable bonds is 4. The van der Waals surface area contributed by atoms with Crippen LogP contribution in [0, 0.1) is 5.82 Å². The van der Waals surface area contributed by atoms with Crippen LogP contribution in [0.25, 0.3) is 11.0 Å². The highest BCUT2D eigenvalue weighted by atomic mass is 19.1. The first-order valence-electron chi connectivity index (χ1n) is 8.74. The summed E-state index contributed by atoms with van der Waals surface area (Å²) in [7, 11) is 0. The summed E-state index contributed by atoms with van der Waals surface area (Å²) >= 11 is 0. The Morgan fingerprint density at radius 2 is 1.81 bits per heavy atom. The summed E-state index contributed by atoms with van der Waals surface area (Å²) in [6.45, 7) is 2.55. The number of fused-ring (bicyclic) bond motifs is 2. The molecule has 26 heavy (non-hydrogen) atoms. The van der Waals surface area contributed by atoms with Crippen molar-refractivity contribution in [2.75, 3.05) is 6.54 Å². The molecule has 2 aromatic carbocycles. The molecule has 0 bridgehead atoms. The summed E-state index contributed by atoms with van der Waals surface area (Å²) in [4.78, 5) is 27.7. The monoisotopic (exact) mass is 351 g/mol. The van der Waals surface area contributed by atoms with E-state index >= 15 is 0 Å². The number of benzene rings is 2. The Bertz CT molecular complexity index is 1040. The second-order valence-corrected chi connectivity index (χ2v) is 6.48. The van der Waals surface area contributed by atoms with Gasteiger partial charge in [-0.1, -0.05) is 37.6 Å². The van der Waals surface area contributed by atoms with Gasteiger partial charge in [0.1, 0.15) is 11.4 Å². The molecule has 1 aliphatic rings. The lowest BCUT2D eigenvalue weighted by Crippen LogP contribution is -2.30. The quantitative estimate of drug-likeness (QED) is 0.705. The molecule has 0 N–H and O–H groups in total. The molecule has 1 aromatic heterocycles. The van der Waals surface area contributed by atoms with Gasteiger partial charge in [0.25, 0.3) is 5.91 Å². The summed E-state index contributed by atoms with van der Waals surface area (Å²) < 4.78 is 19.2. The SMILES string of the molecule is CCCCN1C(=O)c2oc3ccccc3c(=O)c2[C@@H]1c1ccc(F)cc1. The number of para-hydroxylation sites is 1. The van der Waals surface area contributed by atoms with Crippen LogP contribution in [0.1, 0.15) is 47.5 Å². The molecule has 4 rings (SSSR count). The normalized spacial score (nSPS) is 16.3. The molecule has 0 fully saturated rings. The summed E-state index contributed by atoms with van der Waals surface area (Å²) in [5, 5.41) is 0.448. The average Bonchev–Trinajstić information content (AvgIpc) is 2.93. The molecule has 5 heteroatoms. The first-order valence-corrected chi connectivity index (χ1v) is 8.74. The fourth-order valence-electron chi connectivity index (χ4n) is 3.52. The fourth-order valence-corrected chi connectivity index (χ4v) is 3.52. The van der Waals surface area contributed by atoms with Crippen LogP contribution < -0.4 is 5.43 Å². The van der Waals surface area contributed by atoms with Crippen LogP contribution in [0.3, 0.4) is 0 Å². The summed E-state index contributed by atoms with van der Waals surface area (Å²) in [6, 6.07) is 12.3. The molecule has 3 aromatic rings. The van der Waals surface area contributed by atoms with E-state index in [9.17, 15) is 14.0 Å². The zero-order valence-corrected chi connectivity index (χ0v) is 14.4. The van der Waals surface area contributed by atoms with Gasteiger partial charge in [0, 0.05) is 6.54 Å². The van der Waals surface area contributed by atoms with Crippen molar-refractivity contribution in [2.45, 2.75) is 25.8 Å². The lowest BCUT2D eigenvalue weighted by molar-refractivity contribution is 0.0725. The second-order valence-electron chi connectivity index (χ2n) is 6.48. The van der Waals surface area contributed by atoms with Gasteiger partial charge in [-0.3, -0.25) is 9.59 Å². The first-order chi connectivity index (χ1) is 12.6. The van der Waals surface area contributed by atoms with Gasteiger partial charge in [0.2, 0.25) is 5.76 Å². The Morgan fingerprint density at radius 1 is 1.08 bits per heavy atom. The maximum atomic E-state index is 13.4. The molecule has 0 saturated carbocycles. The Hall–Kier alpha value is -2.95. The molecule has 4 nitrogen and oxygen atoms in total. The van der Waals surface area contributed by atoms with Crippen LogP contribution in [0.5, 0.6) is 0 Å². The number of hydrogen-bond donors (Lipinski definition) is 0. The van der Waals surface area contributed by atoms with Crippen LogP contribution in [0.15, 0.2) is 57.7 Å². The van der Waals surface area contributed by atoms with Crippen molar-refractivity contribution in [3.8, 4) is 0 Å². The molecule has 0 spiro atoms. The Kier molecular flexibility index (Phi) is 4.07. The molecular formula is C21H18FNO3. The first kappa shape index (κ1) is 16.5. The van der Waals surface area contributed by atoms with Crippen molar-refractivity contribution in [3.63, 3.8) is 0 Å². The summed E-state index contributed by atoms with van der Waals surface area (Å²) in [5.74, 6) is -0.547. The number of amides is 1. The summed E-state index contributed by atoms with van der Waals surface area (Å²) in [5.41, 5.74) is 1.25. The van der Waals surface area contributed by atoms with Gasteiger partial charge in [-0.15, -0.1) is 0 Å². The van der Waals surface area contributed by atoms with Crippen LogP contribution in [0.2, 0.25) is 0 Å². The molecule has 1 aliphatic heterocycles. The van der Waals surface area contributed by atoms with Gasteiger partial charge in [0.15, 0.2) is 5.43 Å². The number of hydrogen-bond acceptors (Lipinski definition) is 3. The molecule has 0 saturated heterocycles. The largest absolute Gasteiger partial charge is 0.450 e. The van der Waals surface area contributed by atoms with Crippen molar-refractivity contribution < 1.29 is 13.6 Å². The number of carbonyl (C=O) groups excluding carboxylic acids is 1. The van der Waals surface area contributed by atoms with E-state index in [0.29, 0.717) is 28.6 Å². The average molecular weight is 351 g/mol. The van der Waals surface area contributed by atoms with Crippen LogP contribution in [-0.2, 0) is 0 Å². The molecule has 0 aliphatic carbocycles. The Balaban J connectivity index is 1.96. The van der Waals surface area contributed by atoms with Crippen LogP contribution >= 0.6 is 0 Å². The zero-order chi connectivity index (χ0) is 18.3. The molecule has 132 valence electrons. The highest BCUT2D eigenvalue weighted by Gasteiger charge is 2.42.